The first-order valence-corrected chi connectivity index (χ1v) is 8.20. The number of nitrogens with one attached hydrogen (secondary N) is 1. The minimum atomic E-state index is -0.125. The molecule has 2 heterocycles. The van der Waals surface area contributed by atoms with Crippen LogP contribution >= 0.6 is 11.3 Å². The minimum Gasteiger partial charge on any atom is -0.373 e. The van der Waals surface area contributed by atoms with Gasteiger partial charge in [-0.2, -0.15) is 0 Å². The van der Waals surface area contributed by atoms with Crippen LogP contribution in [0.5, 0.6) is 0 Å². The Hall–Kier alpha value is -1.40. The normalized spacial score (nSPS) is 18.6. The van der Waals surface area contributed by atoms with Crippen LogP contribution in [0.25, 0.3) is 0 Å². The van der Waals surface area contributed by atoms with Gasteiger partial charge >= 0.3 is 0 Å². The predicted molar refractivity (Wildman–Crippen MR) is 82.6 cm³/mol. The third-order valence-corrected chi connectivity index (χ3v) is 4.48. The van der Waals surface area contributed by atoms with E-state index >= 15 is 0 Å². The monoisotopic (exact) mass is 310 g/mol. The molecule has 1 atom stereocenters. The number of nitrogens with zero attached hydrogens (tertiary/aromatic N) is 1. The number of carbonyl (C=O) groups is 2. The van der Waals surface area contributed by atoms with Gasteiger partial charge in [-0.05, 0) is 12.5 Å². The highest BCUT2D eigenvalue weighted by atomic mass is 32.1. The second-order valence-electron chi connectivity index (χ2n) is 5.22. The lowest BCUT2D eigenvalue weighted by Crippen LogP contribution is -2.49. The molecule has 0 radical (unpaired) electrons. The molecule has 1 N–H and O–H groups in total. The molecular formula is C15H22N2O3S. The van der Waals surface area contributed by atoms with E-state index in [9.17, 15) is 9.59 Å². The van der Waals surface area contributed by atoms with Gasteiger partial charge in [0.25, 0.3) is 5.91 Å². The van der Waals surface area contributed by atoms with Crippen LogP contribution in [0.1, 0.15) is 35.5 Å². The summed E-state index contributed by atoms with van der Waals surface area (Å²) >= 11 is 1.62. The van der Waals surface area contributed by atoms with Crippen LogP contribution in [0, 0.1) is 0 Å². The van der Waals surface area contributed by atoms with Gasteiger partial charge in [0.15, 0.2) is 0 Å². The van der Waals surface area contributed by atoms with Crippen molar-refractivity contribution in [3.8, 4) is 0 Å². The summed E-state index contributed by atoms with van der Waals surface area (Å²) in [5, 5.41) is 4.78. The zero-order valence-corrected chi connectivity index (χ0v) is 13.4. The van der Waals surface area contributed by atoms with Crippen molar-refractivity contribution in [1.82, 2.24) is 10.2 Å². The van der Waals surface area contributed by atoms with E-state index in [0.717, 1.165) is 12.8 Å². The van der Waals surface area contributed by atoms with Gasteiger partial charge in [0, 0.05) is 36.8 Å². The number of hydrogen-bond donors (Lipinski definition) is 1. The number of carbonyl (C=O) groups excluding carboxylic acids is 2. The zero-order chi connectivity index (χ0) is 15.2. The Bertz CT molecular complexity index is 501. The third kappa shape index (κ3) is 4.54. The fraction of sp³-hybridized carbons (Fsp3) is 0.600. The van der Waals surface area contributed by atoms with Gasteiger partial charge < -0.3 is 15.0 Å². The standard InChI is InChI=1S/C15H22N2O3S/c1-3-4-14-7-12(10-21-14)15(19)16-8-13-9-17(11(2)18)5-6-20-13/h7,10,13H,3-6,8-9H2,1-2H3,(H,16,19)/t13-/m1/s1. The summed E-state index contributed by atoms with van der Waals surface area (Å²) in [7, 11) is 0. The number of hydrogen-bond acceptors (Lipinski definition) is 4. The molecule has 1 aliphatic rings. The number of morpholine rings is 1. The fourth-order valence-electron chi connectivity index (χ4n) is 2.31. The van der Waals surface area contributed by atoms with Crippen LogP contribution in [0.15, 0.2) is 11.4 Å². The smallest absolute Gasteiger partial charge is 0.252 e. The van der Waals surface area contributed by atoms with Gasteiger partial charge in [0.1, 0.15) is 0 Å². The van der Waals surface area contributed by atoms with Crippen molar-refractivity contribution in [2.45, 2.75) is 32.8 Å². The van der Waals surface area contributed by atoms with Crippen LogP contribution in [0.3, 0.4) is 0 Å². The molecule has 0 saturated carbocycles. The molecule has 2 rings (SSSR count). The summed E-state index contributed by atoms with van der Waals surface area (Å²) < 4.78 is 5.58. The minimum absolute atomic E-state index is 0.0525. The van der Waals surface area contributed by atoms with E-state index in [1.165, 1.54) is 4.88 Å². The summed E-state index contributed by atoms with van der Waals surface area (Å²) in [6.07, 6.45) is 1.97. The SMILES string of the molecule is CCCc1cc(C(=O)NC[C@@H]2CN(C(C)=O)CCO2)cs1. The van der Waals surface area contributed by atoms with Crippen molar-refractivity contribution in [3.05, 3.63) is 21.9 Å². The van der Waals surface area contributed by atoms with Gasteiger partial charge in [-0.15, -0.1) is 11.3 Å². The molecule has 0 aliphatic carbocycles. The Morgan fingerprint density at radius 1 is 1.52 bits per heavy atom. The van der Waals surface area contributed by atoms with Gasteiger partial charge in [-0.25, -0.2) is 0 Å². The highest BCUT2D eigenvalue weighted by Gasteiger charge is 2.22. The largest absolute Gasteiger partial charge is 0.373 e. The first-order chi connectivity index (χ1) is 10.1. The molecule has 1 aliphatic heterocycles. The van der Waals surface area contributed by atoms with Crippen LogP contribution in [-0.2, 0) is 16.0 Å². The summed E-state index contributed by atoms with van der Waals surface area (Å²) in [4.78, 5) is 26.4. The average molecular weight is 310 g/mol. The molecule has 0 aromatic carbocycles. The molecule has 21 heavy (non-hydrogen) atoms. The van der Waals surface area contributed by atoms with Gasteiger partial charge in [0.05, 0.1) is 18.3 Å². The van der Waals surface area contributed by atoms with Crippen molar-refractivity contribution < 1.29 is 14.3 Å². The first-order valence-electron chi connectivity index (χ1n) is 7.33. The molecule has 1 saturated heterocycles. The maximum absolute atomic E-state index is 12.1. The number of amides is 2. The second-order valence-corrected chi connectivity index (χ2v) is 6.22. The lowest BCUT2D eigenvalue weighted by molar-refractivity contribution is -0.136. The summed E-state index contributed by atoms with van der Waals surface area (Å²) in [5.41, 5.74) is 0.711. The molecule has 6 heteroatoms. The summed E-state index contributed by atoms with van der Waals surface area (Å²) in [6, 6.07) is 1.95. The summed E-state index contributed by atoms with van der Waals surface area (Å²) in [5.74, 6) is -0.0196. The zero-order valence-electron chi connectivity index (χ0n) is 12.6. The van der Waals surface area contributed by atoms with Crippen molar-refractivity contribution in [1.29, 1.82) is 0 Å². The van der Waals surface area contributed by atoms with E-state index in [1.807, 2.05) is 11.4 Å². The molecule has 116 valence electrons. The van der Waals surface area contributed by atoms with Gasteiger partial charge in [-0.1, -0.05) is 13.3 Å². The van der Waals surface area contributed by atoms with E-state index in [-0.39, 0.29) is 17.9 Å². The Balaban J connectivity index is 1.81. The van der Waals surface area contributed by atoms with Crippen LogP contribution in [0.4, 0.5) is 0 Å². The van der Waals surface area contributed by atoms with Crippen molar-refractivity contribution >= 4 is 23.2 Å². The predicted octanol–water partition coefficient (Wildman–Crippen LogP) is 1.68. The lowest BCUT2D eigenvalue weighted by Gasteiger charge is -2.32. The van der Waals surface area contributed by atoms with Crippen LogP contribution < -0.4 is 5.32 Å². The van der Waals surface area contributed by atoms with Crippen LogP contribution in [-0.4, -0.2) is 49.1 Å². The first kappa shape index (κ1) is 16.0. The quantitative estimate of drug-likeness (QED) is 0.900. The maximum Gasteiger partial charge on any atom is 0.252 e. The lowest BCUT2D eigenvalue weighted by atomic mass is 10.2. The number of rotatable bonds is 5. The molecule has 0 unspecified atom stereocenters. The topological polar surface area (TPSA) is 58.6 Å². The highest BCUT2D eigenvalue weighted by molar-refractivity contribution is 7.10. The second kappa shape index (κ2) is 7.56. The van der Waals surface area contributed by atoms with E-state index < -0.39 is 0 Å². The van der Waals surface area contributed by atoms with E-state index in [4.69, 9.17) is 4.74 Å². The molecule has 5 nitrogen and oxygen atoms in total. The molecular weight excluding hydrogens is 288 g/mol. The Morgan fingerprint density at radius 3 is 3.05 bits per heavy atom. The van der Waals surface area contributed by atoms with E-state index in [0.29, 0.717) is 31.8 Å². The highest BCUT2D eigenvalue weighted by Crippen LogP contribution is 2.16. The molecule has 0 bridgehead atoms. The molecule has 1 aromatic rings. The number of thiophene rings is 1. The Morgan fingerprint density at radius 2 is 2.33 bits per heavy atom. The van der Waals surface area contributed by atoms with Gasteiger partial charge in [-0.3, -0.25) is 9.59 Å². The van der Waals surface area contributed by atoms with Gasteiger partial charge in [0.2, 0.25) is 5.91 Å². The summed E-state index contributed by atoms with van der Waals surface area (Å²) in [6.45, 7) is 5.81. The molecule has 2 amide bonds. The third-order valence-electron chi connectivity index (χ3n) is 3.49. The van der Waals surface area contributed by atoms with Crippen LogP contribution in [0.2, 0.25) is 0 Å². The Kier molecular flexibility index (Phi) is 5.76. The Labute approximate surface area is 129 Å². The average Bonchev–Trinajstić information content (AvgIpc) is 2.94. The van der Waals surface area contributed by atoms with E-state index in [1.54, 1.807) is 23.2 Å². The van der Waals surface area contributed by atoms with Crippen molar-refractivity contribution in [2.24, 2.45) is 0 Å². The van der Waals surface area contributed by atoms with E-state index in [2.05, 4.69) is 12.2 Å². The van der Waals surface area contributed by atoms with Crippen molar-refractivity contribution in [2.75, 3.05) is 26.2 Å². The number of aryl methyl sites for hydroxylation is 1. The molecule has 1 fully saturated rings. The fourth-order valence-corrected chi connectivity index (χ4v) is 3.29. The molecule has 1 aromatic heterocycles. The van der Waals surface area contributed by atoms with Crippen molar-refractivity contribution in [3.63, 3.8) is 0 Å². The number of ether oxygens (including phenoxy) is 1. The molecule has 0 spiro atoms. The maximum atomic E-state index is 12.1.